The van der Waals surface area contributed by atoms with Gasteiger partial charge in [-0.15, -0.1) is 0 Å². The van der Waals surface area contributed by atoms with E-state index < -0.39 is 0 Å². The van der Waals surface area contributed by atoms with Crippen LogP contribution < -0.4 is 5.32 Å². The monoisotopic (exact) mass is 303 g/mol. The highest BCUT2D eigenvalue weighted by atomic mass is 16.2. The van der Waals surface area contributed by atoms with E-state index in [0.717, 1.165) is 18.5 Å². The van der Waals surface area contributed by atoms with Crippen LogP contribution in [0.25, 0.3) is 0 Å². The summed E-state index contributed by atoms with van der Waals surface area (Å²) in [7, 11) is 0. The van der Waals surface area contributed by atoms with Gasteiger partial charge in [0.1, 0.15) is 0 Å². The highest BCUT2D eigenvalue weighted by molar-refractivity contribution is 5.89. The smallest absolute Gasteiger partial charge is 0.225 e. The zero-order valence-corrected chi connectivity index (χ0v) is 13.6. The van der Waals surface area contributed by atoms with Crippen molar-refractivity contribution >= 4 is 11.8 Å². The van der Waals surface area contributed by atoms with Crippen molar-refractivity contribution in [2.24, 2.45) is 5.92 Å². The molecule has 1 aliphatic rings. The summed E-state index contributed by atoms with van der Waals surface area (Å²) < 4.78 is 0. The van der Waals surface area contributed by atoms with Crippen LogP contribution in [-0.2, 0) is 16.0 Å². The van der Waals surface area contributed by atoms with E-state index in [1.54, 1.807) is 11.1 Å². The molecule has 0 aromatic carbocycles. The Labute approximate surface area is 132 Å². The topological polar surface area (TPSA) is 62.3 Å². The van der Waals surface area contributed by atoms with Crippen molar-refractivity contribution in [3.63, 3.8) is 0 Å². The van der Waals surface area contributed by atoms with Gasteiger partial charge in [-0.05, 0) is 45.7 Å². The number of aromatic nitrogens is 1. The van der Waals surface area contributed by atoms with Gasteiger partial charge in [0.15, 0.2) is 0 Å². The second-order valence-electron chi connectivity index (χ2n) is 6.79. The number of carbonyl (C=O) groups is 2. The predicted molar refractivity (Wildman–Crippen MR) is 85.1 cm³/mol. The molecule has 1 N–H and O–H groups in total. The average molecular weight is 303 g/mol. The highest BCUT2D eigenvalue weighted by Crippen LogP contribution is 2.25. The van der Waals surface area contributed by atoms with Gasteiger partial charge in [-0.3, -0.25) is 14.6 Å². The molecule has 1 aromatic rings. The van der Waals surface area contributed by atoms with Crippen molar-refractivity contribution < 1.29 is 9.59 Å². The maximum atomic E-state index is 12.2. The van der Waals surface area contributed by atoms with Gasteiger partial charge in [-0.1, -0.05) is 6.07 Å². The lowest BCUT2D eigenvalue weighted by Crippen LogP contribution is -2.43. The van der Waals surface area contributed by atoms with Crippen LogP contribution in [-0.4, -0.2) is 40.3 Å². The summed E-state index contributed by atoms with van der Waals surface area (Å²) in [5, 5.41) is 2.94. The maximum absolute atomic E-state index is 12.2. The van der Waals surface area contributed by atoms with Crippen LogP contribution in [0.1, 0.15) is 39.3 Å². The van der Waals surface area contributed by atoms with E-state index >= 15 is 0 Å². The van der Waals surface area contributed by atoms with E-state index in [0.29, 0.717) is 19.5 Å². The van der Waals surface area contributed by atoms with Gasteiger partial charge in [0.2, 0.25) is 11.8 Å². The van der Waals surface area contributed by atoms with Crippen molar-refractivity contribution in [1.82, 2.24) is 15.2 Å². The molecule has 0 saturated carbocycles. The van der Waals surface area contributed by atoms with Gasteiger partial charge in [0.25, 0.3) is 0 Å². The molecule has 22 heavy (non-hydrogen) atoms. The molecule has 5 heteroatoms. The molecular weight excluding hydrogens is 278 g/mol. The SMILES string of the molecule is CC(C)(C)N1C[C@@H](C(=O)NCCCc2ccccn2)CC1=O. The summed E-state index contributed by atoms with van der Waals surface area (Å²) in [5.74, 6) is -0.163. The lowest BCUT2D eigenvalue weighted by Gasteiger charge is -2.31. The fourth-order valence-electron chi connectivity index (χ4n) is 2.70. The Bertz CT molecular complexity index is 522. The molecule has 5 nitrogen and oxygen atoms in total. The van der Waals surface area contributed by atoms with Crippen LogP contribution >= 0.6 is 0 Å². The van der Waals surface area contributed by atoms with E-state index in [-0.39, 0.29) is 23.3 Å². The molecule has 0 aliphatic carbocycles. The zero-order chi connectivity index (χ0) is 16.2. The zero-order valence-electron chi connectivity index (χ0n) is 13.6. The molecule has 1 aromatic heterocycles. The first kappa shape index (κ1) is 16.5. The Kier molecular flexibility index (Phi) is 5.16. The third-order valence-corrected chi connectivity index (χ3v) is 3.94. The Hall–Kier alpha value is -1.91. The minimum atomic E-state index is -0.221. The maximum Gasteiger partial charge on any atom is 0.225 e. The third kappa shape index (κ3) is 4.29. The van der Waals surface area contributed by atoms with Crippen molar-refractivity contribution in [3.05, 3.63) is 30.1 Å². The highest BCUT2D eigenvalue weighted by Gasteiger charge is 2.39. The standard InChI is InChI=1S/C17H25N3O2/c1-17(2,3)20-12-13(11-15(20)21)16(22)19-10-6-8-14-7-4-5-9-18-14/h4-5,7,9,13H,6,8,10-12H2,1-3H3,(H,19,22)/t13-/m0/s1. The minimum absolute atomic E-state index is 0.0129. The summed E-state index contributed by atoms with van der Waals surface area (Å²) in [6.07, 6.45) is 3.80. The predicted octanol–water partition coefficient (Wildman–Crippen LogP) is 1.78. The summed E-state index contributed by atoms with van der Waals surface area (Å²) >= 11 is 0. The Balaban J connectivity index is 1.73. The van der Waals surface area contributed by atoms with Crippen LogP contribution in [0.3, 0.4) is 0 Å². The van der Waals surface area contributed by atoms with Gasteiger partial charge in [0, 0.05) is 36.9 Å². The number of carbonyl (C=O) groups excluding carboxylic acids is 2. The van der Waals surface area contributed by atoms with Crippen LogP contribution in [0.15, 0.2) is 24.4 Å². The molecule has 2 rings (SSSR count). The van der Waals surface area contributed by atoms with Gasteiger partial charge >= 0.3 is 0 Å². The van der Waals surface area contributed by atoms with Crippen molar-refractivity contribution in [3.8, 4) is 0 Å². The number of hydrogen-bond donors (Lipinski definition) is 1. The Morgan fingerprint density at radius 1 is 1.41 bits per heavy atom. The van der Waals surface area contributed by atoms with Gasteiger partial charge in [-0.25, -0.2) is 0 Å². The number of likely N-dealkylation sites (tertiary alicyclic amines) is 1. The summed E-state index contributed by atoms with van der Waals surface area (Å²) in [6.45, 7) is 7.14. The second kappa shape index (κ2) is 6.90. The summed E-state index contributed by atoms with van der Waals surface area (Å²) in [6, 6.07) is 5.84. The Morgan fingerprint density at radius 3 is 2.77 bits per heavy atom. The van der Waals surface area contributed by atoms with E-state index in [1.807, 2.05) is 39.0 Å². The molecule has 1 saturated heterocycles. The quantitative estimate of drug-likeness (QED) is 0.843. The van der Waals surface area contributed by atoms with E-state index in [9.17, 15) is 9.59 Å². The number of aryl methyl sites for hydroxylation is 1. The molecule has 0 spiro atoms. The molecule has 1 fully saturated rings. The first-order valence-corrected chi connectivity index (χ1v) is 7.86. The molecule has 0 radical (unpaired) electrons. The number of rotatable bonds is 5. The molecule has 120 valence electrons. The largest absolute Gasteiger partial charge is 0.356 e. The van der Waals surface area contributed by atoms with Gasteiger partial charge < -0.3 is 10.2 Å². The average Bonchev–Trinajstić information content (AvgIpc) is 2.87. The molecule has 1 atom stereocenters. The minimum Gasteiger partial charge on any atom is -0.356 e. The molecule has 1 aliphatic heterocycles. The first-order chi connectivity index (χ1) is 10.4. The van der Waals surface area contributed by atoms with Crippen molar-refractivity contribution in [1.29, 1.82) is 0 Å². The van der Waals surface area contributed by atoms with Gasteiger partial charge in [-0.2, -0.15) is 0 Å². The fraction of sp³-hybridized carbons (Fsp3) is 0.588. The first-order valence-electron chi connectivity index (χ1n) is 7.86. The van der Waals surface area contributed by atoms with Crippen LogP contribution in [0, 0.1) is 5.92 Å². The number of amides is 2. The molecule has 0 unspecified atom stereocenters. The summed E-state index contributed by atoms with van der Waals surface area (Å²) in [5.41, 5.74) is 0.817. The Morgan fingerprint density at radius 2 is 2.18 bits per heavy atom. The third-order valence-electron chi connectivity index (χ3n) is 3.94. The van der Waals surface area contributed by atoms with E-state index in [2.05, 4.69) is 10.3 Å². The normalized spacial score (nSPS) is 18.6. The fourth-order valence-corrected chi connectivity index (χ4v) is 2.70. The number of hydrogen-bond acceptors (Lipinski definition) is 3. The number of nitrogens with one attached hydrogen (secondary N) is 1. The van der Waals surface area contributed by atoms with Crippen LogP contribution in [0.4, 0.5) is 0 Å². The van der Waals surface area contributed by atoms with Crippen molar-refractivity contribution in [2.75, 3.05) is 13.1 Å². The molecule has 2 heterocycles. The summed E-state index contributed by atoms with van der Waals surface area (Å²) in [4.78, 5) is 30.2. The van der Waals surface area contributed by atoms with Crippen LogP contribution in [0.2, 0.25) is 0 Å². The van der Waals surface area contributed by atoms with Crippen LogP contribution in [0.5, 0.6) is 0 Å². The van der Waals surface area contributed by atoms with Gasteiger partial charge in [0.05, 0.1) is 5.92 Å². The molecule has 0 bridgehead atoms. The van der Waals surface area contributed by atoms with Crippen molar-refractivity contribution in [2.45, 2.75) is 45.6 Å². The number of nitrogens with zero attached hydrogens (tertiary/aromatic N) is 2. The molecular formula is C17H25N3O2. The lowest BCUT2D eigenvalue weighted by atomic mass is 10.1. The van der Waals surface area contributed by atoms with E-state index in [1.165, 1.54) is 0 Å². The lowest BCUT2D eigenvalue weighted by molar-refractivity contribution is -0.132. The molecule has 2 amide bonds. The number of pyridine rings is 1. The second-order valence-corrected chi connectivity index (χ2v) is 6.79. The van der Waals surface area contributed by atoms with E-state index in [4.69, 9.17) is 0 Å².